The molecular weight excluding hydrogens is 558 g/mol. The molecule has 0 aromatic heterocycles. The maximum Gasteiger partial charge on any atom is 0.405 e. The molecule has 0 saturated carbocycles. The smallest absolute Gasteiger partial charge is 0.405 e. The van der Waals surface area contributed by atoms with Crippen LogP contribution in [-0.4, -0.2) is 72.5 Å². The van der Waals surface area contributed by atoms with Gasteiger partial charge in [0.25, 0.3) is 5.91 Å². The molecule has 0 aliphatic carbocycles. The van der Waals surface area contributed by atoms with E-state index in [1.807, 2.05) is 6.92 Å². The van der Waals surface area contributed by atoms with Crippen LogP contribution in [0.2, 0.25) is 0 Å². The van der Waals surface area contributed by atoms with Gasteiger partial charge >= 0.3 is 6.09 Å². The van der Waals surface area contributed by atoms with Crippen LogP contribution < -0.4 is 16.1 Å². The lowest BCUT2D eigenvalue weighted by Gasteiger charge is -2.30. The number of aliphatic hydroxyl groups excluding tert-OH is 1. The summed E-state index contributed by atoms with van der Waals surface area (Å²) in [6, 6.07) is 1.15. The molecule has 2 amide bonds. The molecule has 0 fully saturated rings. The Kier molecular flexibility index (Phi) is 13.7. The van der Waals surface area contributed by atoms with Crippen molar-refractivity contribution in [2.24, 2.45) is 17.6 Å². The van der Waals surface area contributed by atoms with Crippen molar-refractivity contribution in [3.8, 4) is 11.5 Å². The quantitative estimate of drug-likeness (QED) is 0.123. The molecule has 1 unspecified atom stereocenters. The van der Waals surface area contributed by atoms with Crippen molar-refractivity contribution >= 4 is 23.4 Å². The van der Waals surface area contributed by atoms with Crippen LogP contribution in [0.1, 0.15) is 52.5 Å². The predicted octanol–water partition coefficient (Wildman–Crippen LogP) is 2.98. The fourth-order valence-electron chi connectivity index (χ4n) is 5.46. The van der Waals surface area contributed by atoms with E-state index in [1.54, 1.807) is 32.9 Å². The summed E-state index contributed by atoms with van der Waals surface area (Å²) in [6.45, 7) is 10.6. The minimum atomic E-state index is -0.975. The molecule has 12 heteroatoms. The Hall–Kier alpha value is -3.42. The molecule has 7 N–H and O–H groups in total. The van der Waals surface area contributed by atoms with Gasteiger partial charge in [-0.25, -0.2) is 4.79 Å². The second-order valence-corrected chi connectivity index (χ2v) is 11.2. The van der Waals surface area contributed by atoms with Gasteiger partial charge in [0.15, 0.2) is 17.5 Å². The number of amides is 2. The normalized spacial score (nSPS) is 29.3. The number of hydrogen-bond donors (Lipinski definition) is 6. The SMILES string of the molecule is C=CC[NH+]([O-])c1c(O)cc2c(O)c1C[C@@H](C)C[C@H](OC)[C@H](O)[C@@H](C)/C=C(\C)[C@H](OC(N)=O)[C@@H](OC)CC/C=C(\C)C(=O)N2. The lowest BCUT2D eigenvalue weighted by molar-refractivity contribution is -0.769. The molecule has 0 spiro atoms. The minimum Gasteiger partial charge on any atom is -0.629 e. The topological polar surface area (TPSA) is 188 Å². The summed E-state index contributed by atoms with van der Waals surface area (Å²) < 4.78 is 16.7. The molecular formula is C31H47N3O9. The van der Waals surface area contributed by atoms with Gasteiger partial charge in [-0.3, -0.25) is 4.79 Å². The number of hydrogen-bond acceptors (Lipinski definition) is 9. The van der Waals surface area contributed by atoms with Crippen LogP contribution in [0.5, 0.6) is 11.5 Å². The number of ether oxygens (including phenoxy) is 3. The first kappa shape index (κ1) is 35.8. The zero-order valence-electron chi connectivity index (χ0n) is 25.9. The molecule has 43 heavy (non-hydrogen) atoms. The van der Waals surface area contributed by atoms with Crippen LogP contribution in [0, 0.1) is 17.0 Å². The summed E-state index contributed by atoms with van der Waals surface area (Å²) in [4.78, 5) is 24.8. The number of quaternary nitrogens is 1. The van der Waals surface area contributed by atoms with Gasteiger partial charge < -0.3 is 50.9 Å². The Balaban J connectivity index is 2.65. The van der Waals surface area contributed by atoms with Gasteiger partial charge in [-0.1, -0.05) is 32.6 Å². The zero-order chi connectivity index (χ0) is 32.4. The van der Waals surface area contributed by atoms with Crippen LogP contribution in [-0.2, 0) is 25.4 Å². The highest BCUT2D eigenvalue weighted by atomic mass is 16.6. The van der Waals surface area contributed by atoms with Crippen molar-refractivity contribution in [3.63, 3.8) is 0 Å². The van der Waals surface area contributed by atoms with Gasteiger partial charge in [0.05, 0.1) is 36.1 Å². The second-order valence-electron chi connectivity index (χ2n) is 11.2. The number of phenolic OH excluding ortho intramolecular Hbond substituents is 2. The number of aliphatic hydroxyl groups is 1. The van der Waals surface area contributed by atoms with Gasteiger partial charge in [0.1, 0.15) is 5.75 Å². The number of phenols is 2. The highest BCUT2D eigenvalue weighted by molar-refractivity contribution is 6.04. The third-order valence-corrected chi connectivity index (χ3v) is 7.76. The molecule has 7 atom stereocenters. The Labute approximate surface area is 253 Å². The molecule has 1 aliphatic heterocycles. The predicted molar refractivity (Wildman–Crippen MR) is 163 cm³/mol. The molecule has 12 nitrogen and oxygen atoms in total. The van der Waals surface area contributed by atoms with E-state index in [1.165, 1.54) is 20.3 Å². The number of methoxy groups -OCH3 is 2. The number of rotatable bonds is 6. The minimum absolute atomic E-state index is 0.0482. The Morgan fingerprint density at radius 1 is 1.23 bits per heavy atom. The average molecular weight is 606 g/mol. The summed E-state index contributed by atoms with van der Waals surface area (Å²) in [5, 5.41) is 48.5. The van der Waals surface area contributed by atoms with Crippen molar-refractivity contribution in [1.82, 2.24) is 0 Å². The molecule has 1 aromatic rings. The van der Waals surface area contributed by atoms with E-state index in [9.17, 15) is 30.1 Å². The Morgan fingerprint density at radius 2 is 1.88 bits per heavy atom. The zero-order valence-corrected chi connectivity index (χ0v) is 25.9. The number of hydroxylamine groups is 1. The monoisotopic (exact) mass is 605 g/mol. The molecule has 1 aliphatic rings. The molecule has 1 aromatic carbocycles. The van der Waals surface area contributed by atoms with Crippen LogP contribution in [0.4, 0.5) is 16.2 Å². The fourth-order valence-corrected chi connectivity index (χ4v) is 5.46. The molecule has 0 radical (unpaired) electrons. The first-order valence-electron chi connectivity index (χ1n) is 14.3. The molecule has 240 valence electrons. The first-order valence-corrected chi connectivity index (χ1v) is 14.3. The highest BCUT2D eigenvalue weighted by Crippen LogP contribution is 2.41. The van der Waals surface area contributed by atoms with E-state index < -0.39 is 47.4 Å². The van der Waals surface area contributed by atoms with Crippen LogP contribution in [0.15, 0.2) is 42.0 Å². The number of fused-ring (bicyclic) bond motifs is 2. The third-order valence-electron chi connectivity index (χ3n) is 7.76. The summed E-state index contributed by atoms with van der Waals surface area (Å²) in [7, 11) is 2.96. The molecule has 2 rings (SSSR count). The summed E-state index contributed by atoms with van der Waals surface area (Å²) in [6.07, 6.45) is 2.00. The first-order chi connectivity index (χ1) is 20.2. The van der Waals surface area contributed by atoms with E-state index in [-0.39, 0.29) is 47.3 Å². The Morgan fingerprint density at radius 3 is 2.47 bits per heavy atom. The number of benzene rings is 1. The van der Waals surface area contributed by atoms with E-state index in [0.717, 1.165) is 6.07 Å². The summed E-state index contributed by atoms with van der Waals surface area (Å²) >= 11 is 0. The van der Waals surface area contributed by atoms with E-state index >= 15 is 0 Å². The fraction of sp³-hybridized carbons (Fsp3) is 0.548. The average Bonchev–Trinajstić information content (AvgIpc) is 2.94. The number of primary amides is 1. The van der Waals surface area contributed by atoms with Crippen LogP contribution in [0.25, 0.3) is 0 Å². The van der Waals surface area contributed by atoms with Crippen molar-refractivity contribution in [1.29, 1.82) is 0 Å². The Bertz CT molecular complexity index is 1200. The van der Waals surface area contributed by atoms with Crippen molar-refractivity contribution in [2.75, 3.05) is 26.1 Å². The number of aromatic hydroxyl groups is 2. The maximum absolute atomic E-state index is 13.1. The lowest BCUT2D eigenvalue weighted by atomic mass is 9.87. The lowest BCUT2D eigenvalue weighted by Crippen LogP contribution is -3.02. The summed E-state index contributed by atoms with van der Waals surface area (Å²) in [5.41, 5.74) is 6.39. The molecule has 0 saturated heterocycles. The highest BCUT2D eigenvalue weighted by Gasteiger charge is 2.31. The van der Waals surface area contributed by atoms with E-state index in [2.05, 4.69) is 11.9 Å². The molecule has 2 bridgehead atoms. The number of anilines is 1. The maximum atomic E-state index is 13.1. The van der Waals surface area contributed by atoms with Crippen molar-refractivity contribution < 1.29 is 44.2 Å². The number of nitrogens with one attached hydrogen (secondary N) is 2. The summed E-state index contributed by atoms with van der Waals surface area (Å²) in [5.74, 6) is -1.93. The van der Waals surface area contributed by atoms with E-state index in [0.29, 0.717) is 30.4 Å². The van der Waals surface area contributed by atoms with Crippen LogP contribution in [0.3, 0.4) is 0 Å². The van der Waals surface area contributed by atoms with Gasteiger partial charge in [0.2, 0.25) is 0 Å². The number of allylic oxidation sites excluding steroid dienone is 1. The van der Waals surface area contributed by atoms with Crippen molar-refractivity contribution in [3.05, 3.63) is 52.8 Å². The third kappa shape index (κ3) is 9.54. The standard InChI is InChI=1S/C31H47N3O9/c1-8-12-34(40)26-21-13-17(2)14-25(42-7)27(36)19(4)15-20(5)29(43-31(32)39)24(41-6)11-9-10-18(3)30(38)33-22(28(21)37)16-23(26)35/h8,10,15-17,19,24-25,27,29,34-37H,1,9,11-14H2,2-7H3,(H2,32,39)(H,33,38)/b18-10+,20-15+/t17-,19+,24+,25+,27-,29+/m1/s1. The second kappa shape index (κ2) is 16.4. The van der Waals surface area contributed by atoms with Gasteiger partial charge in [-0.05, 0) is 57.1 Å². The van der Waals surface area contributed by atoms with E-state index in [4.69, 9.17) is 19.9 Å². The van der Waals surface area contributed by atoms with Gasteiger partial charge in [-0.2, -0.15) is 0 Å². The van der Waals surface area contributed by atoms with Crippen molar-refractivity contribution in [2.45, 2.75) is 77.8 Å². The molecule has 1 heterocycles. The number of carbonyl (C=O) groups is 2. The number of carbonyl (C=O) groups excluding carboxylic acids is 2. The van der Waals surface area contributed by atoms with Crippen LogP contribution >= 0.6 is 0 Å². The van der Waals surface area contributed by atoms with Gasteiger partial charge in [-0.15, -0.1) is 0 Å². The largest absolute Gasteiger partial charge is 0.629 e. The number of nitrogens with two attached hydrogens (primary N) is 1. The van der Waals surface area contributed by atoms with Gasteiger partial charge in [0, 0.05) is 31.8 Å².